The third kappa shape index (κ3) is 2.89. The molecule has 0 N–H and O–H groups in total. The fourth-order valence-corrected chi connectivity index (χ4v) is 2.95. The van der Waals surface area contributed by atoms with Gasteiger partial charge in [-0.1, -0.05) is 29.3 Å². The Balaban J connectivity index is 1.84. The lowest BCUT2D eigenvalue weighted by Gasteiger charge is -2.19. The summed E-state index contributed by atoms with van der Waals surface area (Å²) >= 11 is 11.9. The van der Waals surface area contributed by atoms with Gasteiger partial charge in [0.1, 0.15) is 5.82 Å². The highest BCUT2D eigenvalue weighted by molar-refractivity contribution is 6.36. The third-order valence-electron chi connectivity index (χ3n) is 3.60. The van der Waals surface area contributed by atoms with E-state index in [4.69, 9.17) is 23.2 Å². The smallest absolute Gasteiger partial charge is 0.183 e. The van der Waals surface area contributed by atoms with Crippen molar-refractivity contribution >= 4 is 34.7 Å². The lowest BCUT2D eigenvalue weighted by atomic mass is 10.1. The number of rotatable bonds is 3. The highest BCUT2D eigenvalue weighted by Gasteiger charge is 2.23. The first-order valence-electron chi connectivity index (χ1n) is 6.56. The van der Waals surface area contributed by atoms with Crippen LogP contribution in [0.2, 0.25) is 10.0 Å². The summed E-state index contributed by atoms with van der Waals surface area (Å²) in [6.07, 6.45) is 0.812. The van der Waals surface area contributed by atoms with E-state index in [1.54, 1.807) is 24.3 Å². The van der Waals surface area contributed by atoms with Crippen LogP contribution in [0.3, 0.4) is 0 Å². The van der Waals surface area contributed by atoms with Crippen LogP contribution in [0.15, 0.2) is 36.4 Å². The molecule has 108 valence electrons. The zero-order chi connectivity index (χ0) is 15.0. The summed E-state index contributed by atoms with van der Waals surface area (Å²) in [5.74, 6) is -0.423. The highest BCUT2D eigenvalue weighted by atomic mass is 35.5. The number of hydrogen-bond donors (Lipinski definition) is 0. The molecule has 0 unspecified atom stereocenters. The zero-order valence-electron chi connectivity index (χ0n) is 11.1. The Kier molecular flexibility index (Phi) is 3.87. The van der Waals surface area contributed by atoms with Crippen LogP contribution in [0.4, 0.5) is 10.1 Å². The molecule has 0 amide bonds. The quantitative estimate of drug-likeness (QED) is 0.781. The van der Waals surface area contributed by atoms with Crippen molar-refractivity contribution in [1.82, 2.24) is 0 Å². The van der Waals surface area contributed by atoms with Gasteiger partial charge in [-0.2, -0.15) is 0 Å². The average Bonchev–Trinajstić information content (AvgIpc) is 2.84. The minimum atomic E-state index is -0.297. The van der Waals surface area contributed by atoms with Crippen LogP contribution in [-0.4, -0.2) is 18.9 Å². The molecule has 0 aliphatic carbocycles. The molecular formula is C16H12Cl2FNO. The number of ketones is 1. The molecule has 0 atom stereocenters. The van der Waals surface area contributed by atoms with Gasteiger partial charge in [0.05, 0.1) is 11.6 Å². The molecule has 1 aliphatic rings. The lowest BCUT2D eigenvalue weighted by molar-refractivity contribution is 0.0999. The number of hydrogen-bond acceptors (Lipinski definition) is 2. The Hall–Kier alpha value is -1.58. The first-order chi connectivity index (χ1) is 10.0. The summed E-state index contributed by atoms with van der Waals surface area (Å²) in [7, 11) is 0. The third-order valence-corrected chi connectivity index (χ3v) is 4.17. The van der Waals surface area contributed by atoms with Crippen LogP contribution >= 0.6 is 23.2 Å². The van der Waals surface area contributed by atoms with Gasteiger partial charge in [0.25, 0.3) is 0 Å². The van der Waals surface area contributed by atoms with Crippen molar-refractivity contribution in [2.24, 2.45) is 0 Å². The summed E-state index contributed by atoms with van der Waals surface area (Å²) in [6, 6.07) is 9.49. The first kappa shape index (κ1) is 14.4. The van der Waals surface area contributed by atoms with Crippen molar-refractivity contribution in [3.63, 3.8) is 0 Å². The van der Waals surface area contributed by atoms with Crippen LogP contribution in [0, 0.1) is 5.82 Å². The number of fused-ring (bicyclic) bond motifs is 1. The second kappa shape index (κ2) is 5.66. The van der Waals surface area contributed by atoms with Crippen molar-refractivity contribution in [2.75, 3.05) is 18.0 Å². The number of benzene rings is 2. The van der Waals surface area contributed by atoms with Gasteiger partial charge in [-0.15, -0.1) is 0 Å². The number of nitrogens with zero attached hydrogens (tertiary/aromatic N) is 1. The molecule has 0 radical (unpaired) electrons. The van der Waals surface area contributed by atoms with Gasteiger partial charge < -0.3 is 4.90 Å². The Morgan fingerprint density at radius 1 is 1.19 bits per heavy atom. The molecule has 21 heavy (non-hydrogen) atoms. The van der Waals surface area contributed by atoms with Gasteiger partial charge in [-0.3, -0.25) is 4.79 Å². The van der Waals surface area contributed by atoms with Crippen LogP contribution < -0.4 is 4.90 Å². The van der Waals surface area contributed by atoms with Gasteiger partial charge in [-0.05, 0) is 42.3 Å². The molecule has 2 nitrogen and oxygen atoms in total. The highest BCUT2D eigenvalue weighted by Crippen LogP contribution is 2.29. The molecule has 2 aromatic carbocycles. The van der Waals surface area contributed by atoms with E-state index >= 15 is 0 Å². The maximum atomic E-state index is 13.4. The van der Waals surface area contributed by atoms with Gasteiger partial charge in [0.2, 0.25) is 0 Å². The SMILES string of the molecule is O=C(CN1CCc2ccc(F)cc21)c1cc(Cl)ccc1Cl. The normalized spacial score (nSPS) is 13.4. The van der Waals surface area contributed by atoms with E-state index in [1.165, 1.54) is 12.1 Å². The largest absolute Gasteiger partial charge is 0.363 e. The van der Waals surface area contributed by atoms with E-state index in [1.807, 2.05) is 4.90 Å². The van der Waals surface area contributed by atoms with Crippen molar-refractivity contribution in [3.8, 4) is 0 Å². The van der Waals surface area contributed by atoms with Gasteiger partial charge in [0, 0.05) is 22.8 Å². The van der Waals surface area contributed by atoms with Crippen LogP contribution in [-0.2, 0) is 6.42 Å². The van der Waals surface area contributed by atoms with E-state index in [-0.39, 0.29) is 18.1 Å². The van der Waals surface area contributed by atoms with E-state index in [0.717, 1.165) is 17.7 Å². The maximum Gasteiger partial charge on any atom is 0.183 e. The number of carbonyl (C=O) groups excluding carboxylic acids is 1. The summed E-state index contributed by atoms with van der Waals surface area (Å²) in [4.78, 5) is 14.3. The van der Waals surface area contributed by atoms with E-state index < -0.39 is 0 Å². The summed E-state index contributed by atoms with van der Waals surface area (Å²) in [5.41, 5.74) is 2.23. The van der Waals surface area contributed by atoms with Crippen molar-refractivity contribution in [1.29, 1.82) is 0 Å². The van der Waals surface area contributed by atoms with Crippen molar-refractivity contribution < 1.29 is 9.18 Å². The van der Waals surface area contributed by atoms with E-state index in [9.17, 15) is 9.18 Å². The van der Waals surface area contributed by atoms with Crippen LogP contribution in [0.25, 0.3) is 0 Å². The van der Waals surface area contributed by atoms with Crippen molar-refractivity contribution in [2.45, 2.75) is 6.42 Å². The second-order valence-corrected chi connectivity index (χ2v) is 5.84. The van der Waals surface area contributed by atoms with E-state index in [2.05, 4.69) is 0 Å². The Morgan fingerprint density at radius 3 is 2.81 bits per heavy atom. The molecule has 5 heteroatoms. The minimum absolute atomic E-state index is 0.125. The monoisotopic (exact) mass is 323 g/mol. The molecule has 0 fully saturated rings. The Morgan fingerprint density at radius 2 is 2.00 bits per heavy atom. The number of carbonyl (C=O) groups is 1. The molecule has 0 aromatic heterocycles. The Labute approximate surface area is 132 Å². The number of Topliss-reactive ketones (excluding diaryl/α,β-unsaturated/α-hetero) is 1. The predicted molar refractivity (Wildman–Crippen MR) is 83.1 cm³/mol. The number of anilines is 1. The van der Waals surface area contributed by atoms with Crippen LogP contribution in [0.5, 0.6) is 0 Å². The van der Waals surface area contributed by atoms with Crippen LogP contribution in [0.1, 0.15) is 15.9 Å². The summed E-state index contributed by atoms with van der Waals surface area (Å²) < 4.78 is 13.4. The topological polar surface area (TPSA) is 20.3 Å². The first-order valence-corrected chi connectivity index (χ1v) is 7.32. The zero-order valence-corrected chi connectivity index (χ0v) is 12.6. The van der Waals surface area contributed by atoms with Gasteiger partial charge in [0.15, 0.2) is 5.78 Å². The molecule has 0 bridgehead atoms. The maximum absolute atomic E-state index is 13.4. The molecule has 1 aliphatic heterocycles. The molecule has 0 saturated heterocycles. The molecule has 1 heterocycles. The standard InChI is InChI=1S/C16H12Cl2FNO/c17-11-2-4-14(18)13(7-11)16(21)9-20-6-5-10-1-3-12(19)8-15(10)20/h1-4,7-8H,5-6,9H2. The predicted octanol–water partition coefficient (Wildman–Crippen LogP) is 4.38. The molecule has 0 saturated carbocycles. The summed E-state index contributed by atoms with van der Waals surface area (Å²) in [5, 5.41) is 0.846. The second-order valence-electron chi connectivity index (χ2n) is 4.99. The van der Waals surface area contributed by atoms with Gasteiger partial charge >= 0.3 is 0 Å². The summed E-state index contributed by atoms with van der Waals surface area (Å²) in [6.45, 7) is 0.860. The average molecular weight is 324 g/mol. The fraction of sp³-hybridized carbons (Fsp3) is 0.188. The fourth-order valence-electron chi connectivity index (χ4n) is 2.55. The molecule has 3 rings (SSSR count). The Bertz CT molecular complexity index is 717. The molecule has 0 spiro atoms. The number of halogens is 3. The minimum Gasteiger partial charge on any atom is -0.363 e. The van der Waals surface area contributed by atoms with Gasteiger partial charge in [-0.25, -0.2) is 4.39 Å². The van der Waals surface area contributed by atoms with E-state index in [0.29, 0.717) is 22.2 Å². The molecule has 2 aromatic rings. The lowest BCUT2D eigenvalue weighted by Crippen LogP contribution is -2.28. The van der Waals surface area contributed by atoms with Crippen molar-refractivity contribution in [3.05, 3.63) is 63.4 Å². The molecular weight excluding hydrogens is 312 g/mol.